The summed E-state index contributed by atoms with van der Waals surface area (Å²) in [5.74, 6) is -3.66. The number of carbonyl (C=O) groups excluding carboxylic acids is 1. The molecule has 0 fully saturated rings. The number of benzene rings is 2. The van der Waals surface area contributed by atoms with Crippen LogP contribution >= 0.6 is 11.3 Å². The molecule has 200 valence electrons. The maximum absolute atomic E-state index is 13.0. The van der Waals surface area contributed by atoms with Crippen molar-refractivity contribution in [2.75, 3.05) is 11.1 Å². The number of H-pyrrole nitrogens is 1. The smallest absolute Gasteiger partial charge is 0.241 e. The van der Waals surface area contributed by atoms with Crippen LogP contribution in [0.4, 0.5) is 5.13 Å². The van der Waals surface area contributed by atoms with E-state index in [1.807, 2.05) is 30.3 Å². The van der Waals surface area contributed by atoms with Crippen LogP contribution in [0.5, 0.6) is 0 Å². The second-order valence-corrected chi connectivity index (χ2v) is 13.2. The quantitative estimate of drug-likeness (QED) is 0.248. The standard InChI is InChI=1S/C24H20N6O6S3/c31-20(27-24-26-19(12-37-24)17-9-5-2-6-10-17)13-38(32,33)14-21-28-29-22(36-21)15-39(34,35)23-18(11-25-30-23)16-7-3-1-4-8-16/h1-12H,13-15H2,(H,25,30)(H,26,27,31). The Kier molecular flexibility index (Phi) is 7.36. The lowest BCUT2D eigenvalue weighted by atomic mass is 10.1. The van der Waals surface area contributed by atoms with E-state index >= 15 is 0 Å². The van der Waals surface area contributed by atoms with Crippen molar-refractivity contribution in [2.24, 2.45) is 0 Å². The van der Waals surface area contributed by atoms with Crippen molar-refractivity contribution in [2.45, 2.75) is 16.5 Å². The van der Waals surface area contributed by atoms with Crippen molar-refractivity contribution in [3.05, 3.63) is 84.0 Å². The second kappa shape index (κ2) is 10.9. The fraction of sp³-hybridized carbons (Fsp3) is 0.125. The predicted molar refractivity (Wildman–Crippen MR) is 143 cm³/mol. The van der Waals surface area contributed by atoms with E-state index in [2.05, 4.69) is 30.7 Å². The van der Waals surface area contributed by atoms with Gasteiger partial charge in [0.05, 0.1) is 11.9 Å². The summed E-state index contributed by atoms with van der Waals surface area (Å²) in [6, 6.07) is 18.1. The minimum atomic E-state index is -4.01. The lowest BCUT2D eigenvalue weighted by Gasteiger charge is -2.03. The first kappa shape index (κ1) is 26.4. The number of nitrogens with zero attached hydrogens (tertiary/aromatic N) is 4. The molecule has 1 amide bonds. The second-order valence-electron chi connectivity index (χ2n) is 8.31. The number of rotatable bonds is 10. The molecule has 0 atom stereocenters. The van der Waals surface area contributed by atoms with Gasteiger partial charge < -0.3 is 9.73 Å². The highest BCUT2D eigenvalue weighted by Gasteiger charge is 2.27. The minimum absolute atomic E-state index is 0.129. The van der Waals surface area contributed by atoms with Crippen molar-refractivity contribution in [1.82, 2.24) is 25.4 Å². The fourth-order valence-corrected chi connectivity index (χ4v) is 6.73. The Morgan fingerprint density at radius 2 is 1.54 bits per heavy atom. The maximum atomic E-state index is 13.0. The Balaban J connectivity index is 1.21. The summed E-state index contributed by atoms with van der Waals surface area (Å²) < 4.78 is 56.4. The van der Waals surface area contributed by atoms with Crippen molar-refractivity contribution >= 4 is 42.1 Å². The van der Waals surface area contributed by atoms with Gasteiger partial charge in [0.2, 0.25) is 27.5 Å². The van der Waals surface area contributed by atoms with Gasteiger partial charge in [-0.15, -0.1) is 21.5 Å². The van der Waals surface area contributed by atoms with Gasteiger partial charge in [-0.25, -0.2) is 21.8 Å². The molecule has 0 unspecified atom stereocenters. The molecule has 15 heteroatoms. The van der Waals surface area contributed by atoms with E-state index in [9.17, 15) is 21.6 Å². The minimum Gasteiger partial charge on any atom is -0.423 e. The zero-order valence-electron chi connectivity index (χ0n) is 20.0. The Morgan fingerprint density at radius 1 is 0.897 bits per heavy atom. The number of sulfone groups is 2. The van der Waals surface area contributed by atoms with Gasteiger partial charge in [-0.1, -0.05) is 60.7 Å². The average molecular weight is 585 g/mol. The normalized spacial score (nSPS) is 11.9. The van der Waals surface area contributed by atoms with E-state index in [-0.39, 0.29) is 21.9 Å². The van der Waals surface area contributed by atoms with Gasteiger partial charge >= 0.3 is 0 Å². The number of thiazole rings is 1. The van der Waals surface area contributed by atoms with E-state index in [1.165, 1.54) is 17.5 Å². The van der Waals surface area contributed by atoms with Crippen molar-refractivity contribution in [1.29, 1.82) is 0 Å². The third-order valence-corrected chi connectivity index (χ3v) is 9.04. The highest BCUT2D eigenvalue weighted by molar-refractivity contribution is 7.91. The molecule has 0 saturated carbocycles. The molecule has 3 aromatic heterocycles. The summed E-state index contributed by atoms with van der Waals surface area (Å²) in [5.41, 5.74) is 2.53. The molecule has 12 nitrogen and oxygen atoms in total. The number of anilines is 1. The first-order valence-corrected chi connectivity index (χ1v) is 15.7. The van der Waals surface area contributed by atoms with Gasteiger partial charge in [0, 0.05) is 16.5 Å². The lowest BCUT2D eigenvalue weighted by molar-refractivity contribution is -0.113. The van der Waals surface area contributed by atoms with Crippen LogP contribution < -0.4 is 5.32 Å². The molecule has 5 rings (SSSR count). The highest BCUT2D eigenvalue weighted by atomic mass is 32.2. The van der Waals surface area contributed by atoms with Gasteiger partial charge in [-0.3, -0.25) is 9.89 Å². The number of nitrogens with one attached hydrogen (secondary N) is 2. The molecule has 5 aromatic rings. The number of hydrogen-bond acceptors (Lipinski definition) is 11. The zero-order chi connectivity index (χ0) is 27.5. The molecule has 0 aliphatic rings. The van der Waals surface area contributed by atoms with E-state index in [0.717, 1.165) is 5.56 Å². The van der Waals surface area contributed by atoms with E-state index in [4.69, 9.17) is 4.42 Å². The predicted octanol–water partition coefficient (Wildman–Crippen LogP) is 3.11. The third-order valence-electron chi connectivity index (χ3n) is 5.34. The van der Waals surface area contributed by atoms with Crippen LogP contribution in [0.3, 0.4) is 0 Å². The topological polar surface area (TPSA) is 178 Å². The average Bonchev–Trinajstić information content (AvgIpc) is 3.66. The summed E-state index contributed by atoms with van der Waals surface area (Å²) in [6.45, 7) is 0. The molecule has 0 radical (unpaired) electrons. The Bertz CT molecular complexity index is 1810. The number of carbonyl (C=O) groups is 1. The molecule has 2 N–H and O–H groups in total. The van der Waals surface area contributed by atoms with Crippen LogP contribution in [0.2, 0.25) is 0 Å². The molecule has 2 aromatic carbocycles. The van der Waals surface area contributed by atoms with Crippen LogP contribution in [-0.2, 0) is 36.0 Å². The Labute approximate surface area is 227 Å². The molecule has 39 heavy (non-hydrogen) atoms. The van der Waals surface area contributed by atoms with Crippen LogP contribution in [0, 0.1) is 0 Å². The van der Waals surface area contributed by atoms with Crippen LogP contribution in [0.25, 0.3) is 22.4 Å². The summed E-state index contributed by atoms with van der Waals surface area (Å²) in [4.78, 5) is 16.7. The lowest BCUT2D eigenvalue weighted by Crippen LogP contribution is -2.24. The Hall–Kier alpha value is -4.21. The largest absolute Gasteiger partial charge is 0.423 e. The molecule has 0 bridgehead atoms. The number of amides is 1. The van der Waals surface area contributed by atoms with Gasteiger partial charge in [0.25, 0.3) is 0 Å². The summed E-state index contributed by atoms with van der Waals surface area (Å²) >= 11 is 1.17. The van der Waals surface area contributed by atoms with Crippen molar-refractivity contribution in [3.8, 4) is 22.4 Å². The highest BCUT2D eigenvalue weighted by Crippen LogP contribution is 2.27. The van der Waals surface area contributed by atoms with Gasteiger partial charge in [0.15, 0.2) is 20.0 Å². The first-order chi connectivity index (χ1) is 18.7. The molecule has 3 heterocycles. The first-order valence-electron chi connectivity index (χ1n) is 11.3. The van der Waals surface area contributed by atoms with Crippen LogP contribution in [0.1, 0.15) is 11.8 Å². The number of aromatic nitrogens is 5. The summed E-state index contributed by atoms with van der Waals surface area (Å²) in [6.07, 6.45) is 1.40. The van der Waals surface area contributed by atoms with Crippen LogP contribution in [0.15, 0.2) is 81.7 Å². The summed E-state index contributed by atoms with van der Waals surface area (Å²) in [7, 11) is -8.00. The van der Waals surface area contributed by atoms with Gasteiger partial charge in [-0.2, -0.15) is 5.10 Å². The monoisotopic (exact) mass is 584 g/mol. The molecule has 0 aliphatic carbocycles. The molecule has 0 spiro atoms. The molecule has 0 aliphatic heterocycles. The maximum Gasteiger partial charge on any atom is 0.241 e. The van der Waals surface area contributed by atoms with E-state index < -0.39 is 42.8 Å². The third kappa shape index (κ3) is 6.45. The van der Waals surface area contributed by atoms with Crippen molar-refractivity contribution in [3.63, 3.8) is 0 Å². The number of aromatic amines is 1. The Morgan fingerprint density at radius 3 is 2.23 bits per heavy atom. The van der Waals surface area contributed by atoms with E-state index in [0.29, 0.717) is 16.8 Å². The number of hydrogen-bond donors (Lipinski definition) is 2. The molecular formula is C24H20N6O6S3. The SMILES string of the molecule is O=C(CS(=O)(=O)Cc1nnc(CS(=O)(=O)c2[nH]ncc2-c2ccccc2)o1)Nc1nc(-c2ccccc2)cs1. The van der Waals surface area contributed by atoms with Crippen molar-refractivity contribution < 1.29 is 26.0 Å². The van der Waals surface area contributed by atoms with E-state index in [1.54, 1.807) is 35.7 Å². The van der Waals surface area contributed by atoms with Gasteiger partial charge in [0.1, 0.15) is 17.3 Å². The zero-order valence-corrected chi connectivity index (χ0v) is 22.5. The fourth-order valence-electron chi connectivity index (χ4n) is 3.64. The molecular weight excluding hydrogens is 565 g/mol. The molecule has 0 saturated heterocycles. The van der Waals surface area contributed by atoms with Gasteiger partial charge in [-0.05, 0) is 5.56 Å². The summed E-state index contributed by atoms with van der Waals surface area (Å²) in [5, 5.41) is 18.0. The van der Waals surface area contributed by atoms with Crippen LogP contribution in [-0.4, -0.2) is 53.9 Å².